The molecule has 0 spiro atoms. The third-order valence-corrected chi connectivity index (χ3v) is 2.67. The van der Waals surface area contributed by atoms with E-state index in [9.17, 15) is 4.79 Å². The summed E-state index contributed by atoms with van der Waals surface area (Å²) >= 11 is 0. The first-order valence-corrected chi connectivity index (χ1v) is 6.69. The molecule has 0 saturated carbocycles. The zero-order valence-electron chi connectivity index (χ0n) is 11.8. The van der Waals surface area contributed by atoms with Crippen LogP contribution < -0.4 is 0 Å². The Hall–Kier alpha value is -1.11. The second-order valence-electron chi connectivity index (χ2n) is 4.48. The van der Waals surface area contributed by atoms with Crippen LogP contribution in [-0.2, 0) is 0 Å². The van der Waals surface area contributed by atoms with Gasteiger partial charge in [0.2, 0.25) is 0 Å². The van der Waals surface area contributed by atoms with Gasteiger partial charge >= 0.3 is 0 Å². The van der Waals surface area contributed by atoms with Gasteiger partial charge < -0.3 is 0 Å². The van der Waals surface area contributed by atoms with Crippen molar-refractivity contribution in [3.05, 3.63) is 35.4 Å². The van der Waals surface area contributed by atoms with Gasteiger partial charge in [0.15, 0.2) is 5.78 Å². The molecule has 0 aliphatic carbocycles. The van der Waals surface area contributed by atoms with Gasteiger partial charge in [-0.15, -0.1) is 0 Å². The van der Waals surface area contributed by atoms with E-state index < -0.39 is 0 Å². The Balaban J connectivity index is 0.000000325. The Morgan fingerprint density at radius 1 is 0.941 bits per heavy atom. The molecule has 0 amide bonds. The van der Waals surface area contributed by atoms with E-state index in [1.54, 1.807) is 6.92 Å². The van der Waals surface area contributed by atoms with E-state index in [0.29, 0.717) is 0 Å². The van der Waals surface area contributed by atoms with Crippen molar-refractivity contribution in [3.63, 3.8) is 0 Å². The van der Waals surface area contributed by atoms with Crippen molar-refractivity contribution in [2.24, 2.45) is 0 Å². The largest absolute Gasteiger partial charge is 0.295 e. The van der Waals surface area contributed by atoms with Gasteiger partial charge in [0.25, 0.3) is 0 Å². The Morgan fingerprint density at radius 3 is 1.76 bits per heavy atom. The molecule has 0 heterocycles. The normalized spacial score (nSPS) is 9.41. The van der Waals surface area contributed by atoms with E-state index in [4.69, 9.17) is 0 Å². The zero-order chi connectivity index (χ0) is 13.1. The van der Waals surface area contributed by atoms with Crippen LogP contribution in [0.5, 0.6) is 0 Å². The minimum Gasteiger partial charge on any atom is -0.295 e. The second kappa shape index (κ2) is 10.1. The quantitative estimate of drug-likeness (QED) is 0.507. The zero-order valence-corrected chi connectivity index (χ0v) is 11.8. The van der Waals surface area contributed by atoms with Gasteiger partial charge in [0.1, 0.15) is 0 Å². The van der Waals surface area contributed by atoms with Crippen molar-refractivity contribution in [2.45, 2.75) is 59.8 Å². The number of aryl methyl sites for hydroxylation is 1. The number of benzene rings is 1. The maximum atomic E-state index is 10.8. The lowest BCUT2D eigenvalue weighted by Gasteiger charge is -1.93. The third kappa shape index (κ3) is 8.67. The standard InChI is InChI=1S/C9H10O.C7H16/c1-7-3-5-9(6-4-7)8(2)10;1-3-5-7-6-4-2/h3-6H,1-2H3;3-7H2,1-2H3. The molecule has 1 nitrogen and oxygen atoms in total. The molecule has 0 atom stereocenters. The number of ketones is 1. The van der Waals surface area contributed by atoms with Crippen molar-refractivity contribution in [3.8, 4) is 0 Å². The van der Waals surface area contributed by atoms with Crippen molar-refractivity contribution in [1.29, 1.82) is 0 Å². The Kier molecular flexibility index (Phi) is 9.41. The number of rotatable bonds is 5. The first kappa shape index (κ1) is 15.9. The Bertz CT molecular complexity index is 294. The van der Waals surface area contributed by atoms with E-state index in [-0.39, 0.29) is 5.78 Å². The van der Waals surface area contributed by atoms with Crippen molar-refractivity contribution in [1.82, 2.24) is 0 Å². The number of carbonyl (C=O) groups excluding carboxylic acids is 1. The summed E-state index contributed by atoms with van der Waals surface area (Å²) in [6, 6.07) is 7.57. The van der Waals surface area contributed by atoms with E-state index in [1.807, 2.05) is 31.2 Å². The summed E-state index contributed by atoms with van der Waals surface area (Å²) in [6.45, 7) is 8.07. The van der Waals surface area contributed by atoms with Gasteiger partial charge in [0.05, 0.1) is 0 Å². The highest BCUT2D eigenvalue weighted by Crippen LogP contribution is 2.02. The highest BCUT2D eigenvalue weighted by molar-refractivity contribution is 5.93. The predicted molar refractivity (Wildman–Crippen MR) is 75.6 cm³/mol. The van der Waals surface area contributed by atoms with Crippen molar-refractivity contribution in [2.75, 3.05) is 0 Å². The van der Waals surface area contributed by atoms with E-state index >= 15 is 0 Å². The smallest absolute Gasteiger partial charge is 0.159 e. The Morgan fingerprint density at radius 2 is 1.41 bits per heavy atom. The number of hydrogen-bond acceptors (Lipinski definition) is 1. The molecule has 96 valence electrons. The first-order chi connectivity index (χ1) is 8.11. The van der Waals surface area contributed by atoms with Gasteiger partial charge in [-0.1, -0.05) is 75.8 Å². The fourth-order valence-corrected chi connectivity index (χ4v) is 1.47. The maximum absolute atomic E-state index is 10.8. The minimum absolute atomic E-state index is 0.125. The highest BCUT2D eigenvalue weighted by Gasteiger charge is 1.95. The molecule has 1 aromatic carbocycles. The monoisotopic (exact) mass is 234 g/mol. The van der Waals surface area contributed by atoms with Crippen LogP contribution in [0.2, 0.25) is 0 Å². The summed E-state index contributed by atoms with van der Waals surface area (Å²) in [5.74, 6) is 0.125. The number of Topliss-reactive ketones (excluding diaryl/α,β-unsaturated/α-hetero) is 1. The SMILES string of the molecule is CC(=O)c1ccc(C)cc1.CCCCCCC. The van der Waals surface area contributed by atoms with E-state index in [0.717, 1.165) is 5.56 Å². The predicted octanol–water partition coefficient (Wildman–Crippen LogP) is 5.17. The van der Waals surface area contributed by atoms with E-state index in [2.05, 4.69) is 13.8 Å². The van der Waals surface area contributed by atoms with Crippen LogP contribution in [0.25, 0.3) is 0 Å². The first-order valence-electron chi connectivity index (χ1n) is 6.69. The summed E-state index contributed by atoms with van der Waals surface area (Å²) in [5, 5.41) is 0. The molecular formula is C16H26O. The minimum atomic E-state index is 0.125. The van der Waals surface area contributed by atoms with Crippen LogP contribution in [0.4, 0.5) is 0 Å². The van der Waals surface area contributed by atoms with Crippen LogP contribution >= 0.6 is 0 Å². The molecule has 1 rings (SSSR count). The average Bonchev–Trinajstić information content (AvgIpc) is 2.31. The molecule has 0 saturated heterocycles. The highest BCUT2D eigenvalue weighted by atomic mass is 16.1. The summed E-state index contributed by atoms with van der Waals surface area (Å²) in [6.07, 6.45) is 7.01. The molecule has 0 aromatic heterocycles. The molecule has 1 heteroatoms. The number of hydrogen-bond donors (Lipinski definition) is 0. The molecule has 0 unspecified atom stereocenters. The summed E-state index contributed by atoms with van der Waals surface area (Å²) < 4.78 is 0. The lowest BCUT2D eigenvalue weighted by atomic mass is 10.1. The fraction of sp³-hybridized carbons (Fsp3) is 0.562. The maximum Gasteiger partial charge on any atom is 0.159 e. The van der Waals surface area contributed by atoms with Gasteiger partial charge in [-0.05, 0) is 13.8 Å². The molecule has 0 aliphatic rings. The fourth-order valence-electron chi connectivity index (χ4n) is 1.47. The lowest BCUT2D eigenvalue weighted by molar-refractivity contribution is 0.101. The molecule has 0 aliphatic heterocycles. The van der Waals surface area contributed by atoms with Crippen LogP contribution in [0.15, 0.2) is 24.3 Å². The van der Waals surface area contributed by atoms with Gasteiger partial charge in [-0.3, -0.25) is 4.79 Å². The summed E-state index contributed by atoms with van der Waals surface area (Å²) in [5.41, 5.74) is 1.97. The number of carbonyl (C=O) groups is 1. The summed E-state index contributed by atoms with van der Waals surface area (Å²) in [4.78, 5) is 10.8. The Labute approximate surface area is 106 Å². The van der Waals surface area contributed by atoms with Crippen molar-refractivity contribution >= 4 is 5.78 Å². The molecule has 0 fully saturated rings. The number of unbranched alkanes of at least 4 members (excludes halogenated alkanes) is 4. The lowest BCUT2D eigenvalue weighted by Crippen LogP contribution is -1.90. The van der Waals surface area contributed by atoms with Crippen molar-refractivity contribution < 1.29 is 4.79 Å². The second-order valence-corrected chi connectivity index (χ2v) is 4.48. The van der Waals surface area contributed by atoms with Gasteiger partial charge in [-0.2, -0.15) is 0 Å². The van der Waals surface area contributed by atoms with E-state index in [1.165, 1.54) is 37.7 Å². The van der Waals surface area contributed by atoms with Gasteiger partial charge in [0, 0.05) is 5.56 Å². The van der Waals surface area contributed by atoms with Crippen LogP contribution in [0.3, 0.4) is 0 Å². The molecule has 0 N–H and O–H groups in total. The van der Waals surface area contributed by atoms with Crippen LogP contribution in [0.1, 0.15) is 68.8 Å². The molecular weight excluding hydrogens is 208 g/mol. The third-order valence-electron chi connectivity index (χ3n) is 2.67. The molecule has 0 radical (unpaired) electrons. The molecule has 0 bridgehead atoms. The van der Waals surface area contributed by atoms with Crippen LogP contribution in [-0.4, -0.2) is 5.78 Å². The van der Waals surface area contributed by atoms with Crippen LogP contribution in [0, 0.1) is 6.92 Å². The summed E-state index contributed by atoms with van der Waals surface area (Å²) in [7, 11) is 0. The topological polar surface area (TPSA) is 17.1 Å². The van der Waals surface area contributed by atoms with Gasteiger partial charge in [-0.25, -0.2) is 0 Å². The molecule has 17 heavy (non-hydrogen) atoms. The molecule has 1 aromatic rings. The average molecular weight is 234 g/mol.